The van der Waals surface area contributed by atoms with E-state index in [1.54, 1.807) is 18.4 Å². The molecule has 0 spiro atoms. The highest BCUT2D eigenvalue weighted by Crippen LogP contribution is 2.29. The molecular formula is C16H14O2S. The van der Waals surface area contributed by atoms with Gasteiger partial charge in [0.2, 0.25) is 0 Å². The van der Waals surface area contributed by atoms with Gasteiger partial charge in [-0.2, -0.15) is 0 Å². The quantitative estimate of drug-likeness (QED) is 0.779. The summed E-state index contributed by atoms with van der Waals surface area (Å²) in [7, 11) is 1.66. The number of fused-ring (bicyclic) bond motifs is 1. The third-order valence-corrected chi connectivity index (χ3v) is 4.12. The first-order valence-electron chi connectivity index (χ1n) is 6.07. The largest absolute Gasteiger partial charge is 0.497 e. The van der Waals surface area contributed by atoms with E-state index in [1.165, 1.54) is 0 Å². The lowest BCUT2D eigenvalue weighted by molar-refractivity contribution is 0.224. The molecule has 0 saturated heterocycles. The molecule has 19 heavy (non-hydrogen) atoms. The van der Waals surface area contributed by atoms with Crippen molar-refractivity contribution in [2.45, 2.75) is 6.10 Å². The summed E-state index contributed by atoms with van der Waals surface area (Å²) >= 11 is 1.57. The van der Waals surface area contributed by atoms with Gasteiger partial charge in [-0.3, -0.25) is 0 Å². The molecule has 1 aromatic heterocycles. The Morgan fingerprint density at radius 2 is 1.84 bits per heavy atom. The Morgan fingerprint density at radius 3 is 2.58 bits per heavy atom. The van der Waals surface area contributed by atoms with Crippen LogP contribution in [-0.2, 0) is 0 Å². The number of benzene rings is 2. The predicted octanol–water partition coefficient (Wildman–Crippen LogP) is 3.99. The van der Waals surface area contributed by atoms with Crippen LogP contribution in [0.15, 0.2) is 53.9 Å². The van der Waals surface area contributed by atoms with Crippen LogP contribution in [0.3, 0.4) is 0 Å². The summed E-state index contributed by atoms with van der Waals surface area (Å²) in [6, 6.07) is 15.9. The van der Waals surface area contributed by atoms with E-state index in [1.807, 2.05) is 53.9 Å². The van der Waals surface area contributed by atoms with Gasteiger partial charge in [-0.1, -0.05) is 24.3 Å². The van der Waals surface area contributed by atoms with Crippen molar-refractivity contribution >= 4 is 22.1 Å². The molecule has 3 aromatic rings. The number of hydrogen-bond donors (Lipinski definition) is 1. The van der Waals surface area contributed by atoms with Crippen molar-refractivity contribution < 1.29 is 9.84 Å². The summed E-state index contributed by atoms with van der Waals surface area (Å²) in [6.45, 7) is 0. The van der Waals surface area contributed by atoms with Gasteiger partial charge in [0.25, 0.3) is 0 Å². The van der Waals surface area contributed by atoms with Crippen molar-refractivity contribution in [2.24, 2.45) is 0 Å². The zero-order valence-corrected chi connectivity index (χ0v) is 11.4. The van der Waals surface area contributed by atoms with E-state index in [-0.39, 0.29) is 0 Å². The first kappa shape index (κ1) is 12.2. The molecule has 2 nitrogen and oxygen atoms in total. The average Bonchev–Trinajstić information content (AvgIpc) is 2.99. The van der Waals surface area contributed by atoms with Crippen molar-refractivity contribution in [2.75, 3.05) is 7.11 Å². The second-order valence-corrected chi connectivity index (χ2v) is 5.37. The molecule has 96 valence electrons. The normalized spacial score (nSPS) is 12.5. The summed E-state index contributed by atoms with van der Waals surface area (Å²) in [5, 5.41) is 14.5. The van der Waals surface area contributed by atoms with E-state index >= 15 is 0 Å². The molecule has 3 heteroatoms. The third-order valence-electron chi connectivity index (χ3n) is 3.20. The van der Waals surface area contributed by atoms with Crippen molar-refractivity contribution in [1.29, 1.82) is 0 Å². The molecule has 0 aliphatic rings. The molecule has 0 radical (unpaired) electrons. The molecular weight excluding hydrogens is 256 g/mol. The number of ether oxygens (including phenoxy) is 1. The topological polar surface area (TPSA) is 29.5 Å². The molecule has 1 N–H and O–H groups in total. The fraction of sp³-hybridized carbons (Fsp3) is 0.125. The predicted molar refractivity (Wildman–Crippen MR) is 78.9 cm³/mol. The van der Waals surface area contributed by atoms with Gasteiger partial charge in [0.05, 0.1) is 7.11 Å². The highest BCUT2D eigenvalue weighted by Gasteiger charge is 2.11. The summed E-state index contributed by atoms with van der Waals surface area (Å²) in [4.78, 5) is 0.966. The molecule has 0 fully saturated rings. The number of hydrogen-bond acceptors (Lipinski definition) is 3. The molecule has 0 aliphatic heterocycles. The fourth-order valence-corrected chi connectivity index (χ4v) is 2.89. The van der Waals surface area contributed by atoms with Crippen molar-refractivity contribution in [3.05, 3.63) is 64.4 Å². The van der Waals surface area contributed by atoms with Crippen LogP contribution in [0.1, 0.15) is 16.5 Å². The van der Waals surface area contributed by atoms with Crippen LogP contribution in [0.4, 0.5) is 0 Å². The van der Waals surface area contributed by atoms with Crippen LogP contribution in [0.2, 0.25) is 0 Å². The van der Waals surface area contributed by atoms with Gasteiger partial charge in [-0.05, 0) is 46.0 Å². The van der Waals surface area contributed by atoms with Crippen LogP contribution < -0.4 is 4.74 Å². The van der Waals surface area contributed by atoms with E-state index in [9.17, 15) is 5.11 Å². The molecule has 1 heterocycles. The molecule has 0 saturated carbocycles. The highest BCUT2D eigenvalue weighted by atomic mass is 32.1. The Kier molecular flexibility index (Phi) is 3.23. The second kappa shape index (κ2) is 5.03. The molecule has 1 atom stereocenters. The van der Waals surface area contributed by atoms with Gasteiger partial charge in [0, 0.05) is 4.88 Å². The second-order valence-electron chi connectivity index (χ2n) is 4.39. The maximum atomic E-state index is 10.3. The molecule has 0 unspecified atom stereocenters. The zero-order chi connectivity index (χ0) is 13.2. The molecule has 0 amide bonds. The van der Waals surface area contributed by atoms with E-state index < -0.39 is 6.10 Å². The van der Waals surface area contributed by atoms with Crippen LogP contribution in [0.5, 0.6) is 5.75 Å². The summed E-state index contributed by atoms with van der Waals surface area (Å²) < 4.78 is 5.21. The monoisotopic (exact) mass is 270 g/mol. The fourth-order valence-electron chi connectivity index (χ4n) is 2.15. The Bertz CT molecular complexity index is 689. The summed E-state index contributed by atoms with van der Waals surface area (Å²) in [5.74, 6) is 0.846. The van der Waals surface area contributed by atoms with Crippen LogP contribution in [-0.4, -0.2) is 12.2 Å². The Balaban J connectivity index is 2.02. The maximum absolute atomic E-state index is 10.3. The smallest absolute Gasteiger partial charge is 0.119 e. The van der Waals surface area contributed by atoms with Gasteiger partial charge in [0.15, 0.2) is 0 Å². The highest BCUT2D eigenvalue weighted by molar-refractivity contribution is 7.10. The average molecular weight is 270 g/mol. The summed E-state index contributed by atoms with van der Waals surface area (Å²) in [6.07, 6.45) is -0.550. The van der Waals surface area contributed by atoms with Crippen LogP contribution in [0, 0.1) is 0 Å². The molecule has 2 aromatic carbocycles. The number of aliphatic hydroxyl groups excluding tert-OH is 1. The van der Waals surface area contributed by atoms with E-state index in [2.05, 4.69) is 0 Å². The van der Waals surface area contributed by atoms with Crippen LogP contribution >= 0.6 is 11.3 Å². The lowest BCUT2D eigenvalue weighted by Crippen LogP contribution is -1.96. The molecule has 3 rings (SSSR count). The minimum absolute atomic E-state index is 0.550. The lowest BCUT2D eigenvalue weighted by Gasteiger charge is -2.10. The van der Waals surface area contributed by atoms with Gasteiger partial charge >= 0.3 is 0 Å². The van der Waals surface area contributed by atoms with E-state index in [0.717, 1.165) is 27.0 Å². The van der Waals surface area contributed by atoms with Crippen molar-refractivity contribution in [1.82, 2.24) is 0 Å². The summed E-state index contributed by atoms with van der Waals surface area (Å²) in [5.41, 5.74) is 0.917. The Hall–Kier alpha value is -1.84. The van der Waals surface area contributed by atoms with Gasteiger partial charge in [0.1, 0.15) is 11.9 Å². The molecule has 0 bridgehead atoms. The Morgan fingerprint density at radius 1 is 1.05 bits per heavy atom. The maximum Gasteiger partial charge on any atom is 0.119 e. The standard InChI is InChI=1S/C16H14O2S/c1-18-14-7-6-11-9-13(5-4-12(11)10-14)16(17)15-3-2-8-19-15/h2-10,16-17H,1H3/t16-/m0/s1. The van der Waals surface area contributed by atoms with E-state index in [4.69, 9.17) is 4.74 Å². The van der Waals surface area contributed by atoms with E-state index in [0.29, 0.717) is 0 Å². The van der Waals surface area contributed by atoms with Gasteiger partial charge in [-0.15, -0.1) is 11.3 Å². The van der Waals surface area contributed by atoms with Crippen LogP contribution in [0.25, 0.3) is 10.8 Å². The lowest BCUT2D eigenvalue weighted by atomic mass is 10.0. The first-order chi connectivity index (χ1) is 9.28. The van der Waals surface area contributed by atoms with Gasteiger partial charge < -0.3 is 9.84 Å². The zero-order valence-electron chi connectivity index (χ0n) is 10.5. The SMILES string of the molecule is COc1ccc2cc([C@H](O)c3cccs3)ccc2c1. The first-order valence-corrected chi connectivity index (χ1v) is 6.95. The number of aliphatic hydroxyl groups is 1. The number of methoxy groups -OCH3 is 1. The van der Waals surface area contributed by atoms with Crippen molar-refractivity contribution in [3.63, 3.8) is 0 Å². The minimum Gasteiger partial charge on any atom is -0.497 e. The third kappa shape index (κ3) is 2.35. The number of rotatable bonds is 3. The minimum atomic E-state index is -0.550. The molecule has 0 aliphatic carbocycles. The van der Waals surface area contributed by atoms with Gasteiger partial charge in [-0.25, -0.2) is 0 Å². The number of thiophene rings is 1. The Labute approximate surface area is 115 Å². The van der Waals surface area contributed by atoms with Crippen molar-refractivity contribution in [3.8, 4) is 5.75 Å².